The molecule has 0 spiro atoms. The number of hydrogen-bond acceptors (Lipinski definition) is 2. The summed E-state index contributed by atoms with van der Waals surface area (Å²) in [7, 11) is 0. The van der Waals surface area contributed by atoms with Crippen LogP contribution < -0.4 is 11.1 Å². The van der Waals surface area contributed by atoms with Gasteiger partial charge in [-0.2, -0.15) is 0 Å². The van der Waals surface area contributed by atoms with E-state index in [1.165, 1.54) is 6.07 Å². The van der Waals surface area contributed by atoms with Crippen molar-refractivity contribution in [3.8, 4) is 0 Å². The van der Waals surface area contributed by atoms with Crippen LogP contribution >= 0.6 is 0 Å². The highest BCUT2D eigenvalue weighted by Gasteiger charge is 2.22. The molecule has 0 unspecified atom stereocenters. The van der Waals surface area contributed by atoms with Gasteiger partial charge in [0, 0.05) is 17.9 Å². The zero-order valence-electron chi connectivity index (χ0n) is 13.5. The lowest BCUT2D eigenvalue weighted by molar-refractivity contribution is -0.129. The van der Waals surface area contributed by atoms with E-state index in [0.29, 0.717) is 12.0 Å². The zero-order chi connectivity index (χ0) is 17.5. The van der Waals surface area contributed by atoms with E-state index in [-0.39, 0.29) is 18.1 Å². The van der Waals surface area contributed by atoms with E-state index in [1.807, 2.05) is 30.3 Å². The second kappa shape index (κ2) is 8.24. The van der Waals surface area contributed by atoms with Gasteiger partial charge in [-0.15, -0.1) is 0 Å². The van der Waals surface area contributed by atoms with Gasteiger partial charge >= 0.3 is 0 Å². The van der Waals surface area contributed by atoms with Crippen LogP contribution in [0, 0.1) is 11.7 Å². The lowest BCUT2D eigenvalue weighted by Gasteiger charge is -2.22. The Morgan fingerprint density at radius 3 is 2.33 bits per heavy atom. The van der Waals surface area contributed by atoms with Crippen molar-refractivity contribution in [3.05, 3.63) is 71.5 Å². The van der Waals surface area contributed by atoms with Crippen molar-refractivity contribution in [2.75, 3.05) is 0 Å². The molecule has 0 radical (unpaired) electrons. The van der Waals surface area contributed by atoms with Crippen LogP contribution in [0.2, 0.25) is 0 Å². The molecule has 2 aromatic rings. The molecular formula is C19H21FN2O2. The quantitative estimate of drug-likeness (QED) is 0.820. The maximum atomic E-state index is 14.2. The monoisotopic (exact) mass is 328 g/mol. The predicted molar refractivity (Wildman–Crippen MR) is 90.4 cm³/mol. The number of amides is 2. The molecule has 2 atom stereocenters. The van der Waals surface area contributed by atoms with Gasteiger partial charge in [-0.25, -0.2) is 4.39 Å². The van der Waals surface area contributed by atoms with Crippen LogP contribution in [0.4, 0.5) is 4.39 Å². The molecule has 2 amide bonds. The first kappa shape index (κ1) is 17.7. The number of carbonyl (C=O) groups excluding carboxylic acids is 2. The van der Waals surface area contributed by atoms with Gasteiger partial charge in [0.1, 0.15) is 5.82 Å². The van der Waals surface area contributed by atoms with Crippen molar-refractivity contribution in [2.45, 2.75) is 25.8 Å². The van der Waals surface area contributed by atoms with Crippen LogP contribution in [0.3, 0.4) is 0 Å². The SMILES string of the molecule is C[C@H](CC(N)=O)C(=O)N[C@@H](Cc1ccccc1)c1ccccc1F. The van der Waals surface area contributed by atoms with E-state index in [4.69, 9.17) is 5.73 Å². The van der Waals surface area contributed by atoms with Gasteiger partial charge in [0.15, 0.2) is 0 Å². The third-order valence-electron chi connectivity index (χ3n) is 3.83. The molecule has 0 heterocycles. The third-order valence-corrected chi connectivity index (χ3v) is 3.83. The van der Waals surface area contributed by atoms with Crippen LogP contribution in [0.25, 0.3) is 0 Å². The largest absolute Gasteiger partial charge is 0.370 e. The Morgan fingerprint density at radius 2 is 1.71 bits per heavy atom. The van der Waals surface area contributed by atoms with Crippen molar-refractivity contribution < 1.29 is 14.0 Å². The van der Waals surface area contributed by atoms with Gasteiger partial charge in [0.05, 0.1) is 6.04 Å². The van der Waals surface area contributed by atoms with Crippen molar-refractivity contribution >= 4 is 11.8 Å². The molecule has 0 bridgehead atoms. The van der Waals surface area contributed by atoms with E-state index in [0.717, 1.165) is 5.56 Å². The summed E-state index contributed by atoms with van der Waals surface area (Å²) in [6.45, 7) is 1.63. The Hall–Kier alpha value is -2.69. The highest BCUT2D eigenvalue weighted by Crippen LogP contribution is 2.22. The lowest BCUT2D eigenvalue weighted by atomic mass is 9.97. The van der Waals surface area contributed by atoms with Crippen LogP contribution in [-0.4, -0.2) is 11.8 Å². The van der Waals surface area contributed by atoms with Gasteiger partial charge in [0.25, 0.3) is 0 Å². The van der Waals surface area contributed by atoms with E-state index in [9.17, 15) is 14.0 Å². The molecule has 5 heteroatoms. The van der Waals surface area contributed by atoms with Crippen molar-refractivity contribution in [3.63, 3.8) is 0 Å². The molecular weight excluding hydrogens is 307 g/mol. The first-order valence-corrected chi connectivity index (χ1v) is 7.84. The number of benzene rings is 2. The van der Waals surface area contributed by atoms with E-state index < -0.39 is 17.9 Å². The summed E-state index contributed by atoms with van der Waals surface area (Å²) in [6, 6.07) is 15.4. The molecule has 3 N–H and O–H groups in total. The molecule has 0 aliphatic heterocycles. The molecule has 0 aliphatic rings. The topological polar surface area (TPSA) is 72.2 Å². The number of rotatable bonds is 7. The molecule has 24 heavy (non-hydrogen) atoms. The summed E-state index contributed by atoms with van der Waals surface area (Å²) in [5.74, 6) is -1.80. The zero-order valence-corrected chi connectivity index (χ0v) is 13.5. The number of hydrogen-bond donors (Lipinski definition) is 2. The van der Waals surface area contributed by atoms with Gasteiger partial charge in [-0.1, -0.05) is 55.5 Å². The Bertz CT molecular complexity index is 704. The highest BCUT2D eigenvalue weighted by molar-refractivity contribution is 5.85. The molecule has 4 nitrogen and oxygen atoms in total. The number of nitrogens with one attached hydrogen (secondary N) is 1. The predicted octanol–water partition coefficient (Wildman–Crippen LogP) is 2.74. The summed E-state index contributed by atoms with van der Waals surface area (Å²) in [6.07, 6.45) is 0.415. The van der Waals surface area contributed by atoms with Crippen molar-refractivity contribution in [1.29, 1.82) is 0 Å². The van der Waals surface area contributed by atoms with Crippen LogP contribution in [0.5, 0.6) is 0 Å². The number of nitrogens with two attached hydrogens (primary N) is 1. The fourth-order valence-electron chi connectivity index (χ4n) is 2.55. The molecule has 2 aromatic carbocycles. The second-order valence-corrected chi connectivity index (χ2v) is 5.84. The van der Waals surface area contributed by atoms with Crippen molar-refractivity contribution in [1.82, 2.24) is 5.32 Å². The van der Waals surface area contributed by atoms with E-state index in [1.54, 1.807) is 25.1 Å². The molecule has 0 aromatic heterocycles. The Morgan fingerprint density at radius 1 is 1.08 bits per heavy atom. The van der Waals surface area contributed by atoms with Crippen LogP contribution in [-0.2, 0) is 16.0 Å². The number of carbonyl (C=O) groups is 2. The minimum atomic E-state index is -0.562. The summed E-state index contributed by atoms with van der Waals surface area (Å²) in [5.41, 5.74) is 6.54. The minimum Gasteiger partial charge on any atom is -0.370 e. The van der Waals surface area contributed by atoms with Gasteiger partial charge in [0.2, 0.25) is 11.8 Å². The molecule has 0 fully saturated rings. The maximum Gasteiger partial charge on any atom is 0.223 e. The van der Waals surface area contributed by atoms with Crippen molar-refractivity contribution in [2.24, 2.45) is 11.7 Å². The third kappa shape index (κ3) is 4.91. The fraction of sp³-hybridized carbons (Fsp3) is 0.263. The Labute approximate surface area is 140 Å². The summed E-state index contributed by atoms with van der Waals surface area (Å²) in [4.78, 5) is 23.3. The van der Waals surface area contributed by atoms with E-state index >= 15 is 0 Å². The number of halogens is 1. The molecule has 2 rings (SSSR count). The normalized spacial score (nSPS) is 13.1. The Kier molecular flexibility index (Phi) is 6.07. The first-order valence-electron chi connectivity index (χ1n) is 7.84. The molecule has 126 valence electrons. The summed E-state index contributed by atoms with van der Waals surface area (Å²) >= 11 is 0. The summed E-state index contributed by atoms with van der Waals surface area (Å²) in [5, 5.41) is 2.84. The Balaban J connectivity index is 2.21. The smallest absolute Gasteiger partial charge is 0.223 e. The average Bonchev–Trinajstić information content (AvgIpc) is 2.55. The van der Waals surface area contributed by atoms with Gasteiger partial charge in [-0.05, 0) is 18.1 Å². The van der Waals surface area contributed by atoms with E-state index in [2.05, 4.69) is 5.32 Å². The average molecular weight is 328 g/mol. The summed E-state index contributed by atoms with van der Waals surface area (Å²) < 4.78 is 14.2. The highest BCUT2D eigenvalue weighted by atomic mass is 19.1. The van der Waals surface area contributed by atoms with Gasteiger partial charge < -0.3 is 11.1 Å². The second-order valence-electron chi connectivity index (χ2n) is 5.84. The molecule has 0 saturated heterocycles. The maximum absolute atomic E-state index is 14.2. The van der Waals surface area contributed by atoms with Crippen LogP contribution in [0.1, 0.15) is 30.5 Å². The minimum absolute atomic E-state index is 0.0405. The van der Waals surface area contributed by atoms with Gasteiger partial charge in [-0.3, -0.25) is 9.59 Å². The number of primary amides is 1. The van der Waals surface area contributed by atoms with Crippen LogP contribution in [0.15, 0.2) is 54.6 Å². The lowest BCUT2D eigenvalue weighted by Crippen LogP contribution is -2.36. The molecule has 0 aliphatic carbocycles. The first-order chi connectivity index (χ1) is 11.5. The fourth-order valence-corrected chi connectivity index (χ4v) is 2.55. The molecule has 0 saturated carbocycles. The standard InChI is InChI=1S/C19H21FN2O2/c1-13(11-18(21)23)19(24)22-17(12-14-7-3-2-4-8-14)15-9-5-6-10-16(15)20/h2-10,13,17H,11-12H2,1H3,(H2,21,23)(H,22,24)/t13-,17+/m1/s1.